The zero-order valence-electron chi connectivity index (χ0n) is 11.1. The van der Waals surface area contributed by atoms with Crippen molar-refractivity contribution in [3.63, 3.8) is 0 Å². The van der Waals surface area contributed by atoms with E-state index in [4.69, 9.17) is 0 Å². The molecule has 2 N–H and O–H groups in total. The van der Waals surface area contributed by atoms with E-state index < -0.39 is 0 Å². The van der Waals surface area contributed by atoms with Crippen molar-refractivity contribution in [2.75, 3.05) is 18.4 Å². The highest BCUT2D eigenvalue weighted by molar-refractivity contribution is 5.95. The molecule has 2 fully saturated rings. The highest BCUT2D eigenvalue weighted by atomic mass is 19.1. The number of rotatable bonds is 2. The fourth-order valence-corrected chi connectivity index (χ4v) is 3.16. The molecule has 3 nitrogen and oxygen atoms in total. The lowest BCUT2D eigenvalue weighted by Crippen LogP contribution is -2.31. The molecule has 1 amide bonds. The Bertz CT molecular complexity index is 509. The van der Waals surface area contributed by atoms with Crippen molar-refractivity contribution in [1.29, 1.82) is 0 Å². The minimum absolute atomic E-state index is 0.0515. The van der Waals surface area contributed by atoms with E-state index in [9.17, 15) is 9.18 Å². The number of hydrogen-bond acceptors (Lipinski definition) is 2. The van der Waals surface area contributed by atoms with E-state index >= 15 is 0 Å². The van der Waals surface area contributed by atoms with Crippen molar-refractivity contribution in [3.8, 4) is 0 Å². The maximum Gasteiger partial charge on any atom is 0.228 e. The van der Waals surface area contributed by atoms with Crippen molar-refractivity contribution in [2.45, 2.75) is 26.2 Å². The summed E-state index contributed by atoms with van der Waals surface area (Å²) in [5.74, 6) is -0.113. The first kappa shape index (κ1) is 12.6. The number of nitrogens with one attached hydrogen (secondary N) is 2. The van der Waals surface area contributed by atoms with Gasteiger partial charge in [0, 0.05) is 17.2 Å². The van der Waals surface area contributed by atoms with Crippen LogP contribution in [0.25, 0.3) is 0 Å². The molecule has 3 rings (SSSR count). The van der Waals surface area contributed by atoms with E-state index in [-0.39, 0.29) is 23.1 Å². The quantitative estimate of drug-likeness (QED) is 0.859. The number of anilines is 1. The van der Waals surface area contributed by atoms with Gasteiger partial charge in [-0.15, -0.1) is 0 Å². The molecule has 1 aliphatic carbocycles. The summed E-state index contributed by atoms with van der Waals surface area (Å²) in [4.78, 5) is 12.3. The van der Waals surface area contributed by atoms with Gasteiger partial charge in [-0.2, -0.15) is 0 Å². The molecule has 19 heavy (non-hydrogen) atoms. The highest BCUT2D eigenvalue weighted by Crippen LogP contribution is 2.58. The monoisotopic (exact) mass is 262 g/mol. The molecule has 1 unspecified atom stereocenters. The van der Waals surface area contributed by atoms with Gasteiger partial charge in [0.15, 0.2) is 0 Å². The lowest BCUT2D eigenvalue weighted by Gasteiger charge is -2.23. The maximum absolute atomic E-state index is 13.4. The molecular weight excluding hydrogens is 243 g/mol. The summed E-state index contributed by atoms with van der Waals surface area (Å²) in [5, 5.41) is 6.21. The minimum Gasteiger partial charge on any atom is -0.325 e. The van der Waals surface area contributed by atoms with Crippen LogP contribution in [0, 0.1) is 24.1 Å². The topological polar surface area (TPSA) is 41.1 Å². The van der Waals surface area contributed by atoms with Gasteiger partial charge in [0.05, 0.1) is 0 Å². The number of carbonyl (C=O) groups excluding carboxylic acids is 1. The van der Waals surface area contributed by atoms with E-state index in [1.807, 2.05) is 0 Å². The van der Waals surface area contributed by atoms with E-state index in [0.29, 0.717) is 11.3 Å². The second kappa shape index (κ2) is 4.60. The Labute approximate surface area is 112 Å². The van der Waals surface area contributed by atoms with Gasteiger partial charge in [-0.05, 0) is 56.8 Å². The van der Waals surface area contributed by atoms with Crippen LogP contribution in [0.15, 0.2) is 18.2 Å². The van der Waals surface area contributed by atoms with Gasteiger partial charge >= 0.3 is 0 Å². The third kappa shape index (κ3) is 2.25. The summed E-state index contributed by atoms with van der Waals surface area (Å²) in [6.07, 6.45) is 3.13. The average Bonchev–Trinajstić information content (AvgIpc) is 3.09. The molecule has 1 aromatic carbocycles. The van der Waals surface area contributed by atoms with Gasteiger partial charge in [0.25, 0.3) is 0 Å². The summed E-state index contributed by atoms with van der Waals surface area (Å²) in [6.45, 7) is 3.70. The van der Waals surface area contributed by atoms with Gasteiger partial charge in [-0.3, -0.25) is 4.79 Å². The molecule has 1 saturated carbocycles. The van der Waals surface area contributed by atoms with Crippen LogP contribution in [-0.2, 0) is 4.79 Å². The molecule has 0 radical (unpaired) electrons. The smallest absolute Gasteiger partial charge is 0.228 e. The van der Waals surface area contributed by atoms with Crippen molar-refractivity contribution >= 4 is 11.6 Å². The number of carbonyl (C=O) groups is 1. The summed E-state index contributed by atoms with van der Waals surface area (Å²) in [7, 11) is 0. The van der Waals surface area contributed by atoms with Gasteiger partial charge in [-0.1, -0.05) is 6.07 Å². The Morgan fingerprint density at radius 1 is 1.42 bits per heavy atom. The fraction of sp³-hybridized carbons (Fsp3) is 0.533. The molecule has 1 aliphatic heterocycles. The summed E-state index contributed by atoms with van der Waals surface area (Å²) in [6, 6.07) is 4.80. The van der Waals surface area contributed by atoms with Gasteiger partial charge < -0.3 is 10.6 Å². The van der Waals surface area contributed by atoms with E-state index in [0.717, 1.165) is 32.4 Å². The van der Waals surface area contributed by atoms with Crippen LogP contribution in [0.4, 0.5) is 10.1 Å². The Morgan fingerprint density at radius 2 is 2.16 bits per heavy atom. The van der Waals surface area contributed by atoms with E-state index in [1.54, 1.807) is 19.1 Å². The Morgan fingerprint density at radius 3 is 2.89 bits per heavy atom. The number of benzene rings is 1. The fourth-order valence-electron chi connectivity index (χ4n) is 3.16. The molecule has 2 aliphatic rings. The average molecular weight is 262 g/mol. The second-order valence-electron chi connectivity index (χ2n) is 5.77. The van der Waals surface area contributed by atoms with Gasteiger partial charge in [0.2, 0.25) is 5.91 Å². The molecular formula is C15H19FN2O. The summed E-state index contributed by atoms with van der Waals surface area (Å²) in [5.41, 5.74) is 1.33. The lowest BCUT2D eigenvalue weighted by molar-refractivity contribution is -0.118. The molecule has 1 saturated heterocycles. The van der Waals surface area contributed by atoms with Crippen LogP contribution < -0.4 is 10.6 Å². The number of piperidine rings is 1. The molecule has 0 bridgehead atoms. The predicted molar refractivity (Wildman–Crippen MR) is 72.4 cm³/mol. The van der Waals surface area contributed by atoms with Crippen molar-refractivity contribution in [3.05, 3.63) is 29.6 Å². The van der Waals surface area contributed by atoms with Gasteiger partial charge in [-0.25, -0.2) is 4.39 Å². The zero-order valence-corrected chi connectivity index (χ0v) is 11.1. The molecule has 1 heterocycles. The Balaban J connectivity index is 1.68. The molecule has 102 valence electrons. The number of amides is 1. The van der Waals surface area contributed by atoms with Crippen molar-refractivity contribution in [2.24, 2.45) is 11.3 Å². The lowest BCUT2D eigenvalue weighted by atomic mass is 9.91. The van der Waals surface area contributed by atoms with E-state index in [2.05, 4.69) is 10.6 Å². The van der Waals surface area contributed by atoms with Crippen LogP contribution in [0.2, 0.25) is 0 Å². The van der Waals surface area contributed by atoms with Crippen LogP contribution in [-0.4, -0.2) is 19.0 Å². The van der Waals surface area contributed by atoms with Crippen LogP contribution in [0.5, 0.6) is 0 Å². The molecule has 4 heteroatoms. The van der Waals surface area contributed by atoms with E-state index in [1.165, 1.54) is 6.07 Å². The first-order valence-corrected chi connectivity index (χ1v) is 6.89. The van der Waals surface area contributed by atoms with Crippen LogP contribution in [0.1, 0.15) is 24.8 Å². The Hall–Kier alpha value is -1.42. The summed E-state index contributed by atoms with van der Waals surface area (Å²) < 4.78 is 13.4. The zero-order chi connectivity index (χ0) is 13.5. The first-order chi connectivity index (χ1) is 9.12. The molecule has 1 spiro atoms. The standard InChI is InChI=1S/C15H19FN2O/c1-10-12(16)3-2-4-13(10)18-14(19)11-9-15(11)5-7-17-8-6-15/h2-4,11,17H,5-9H2,1H3,(H,18,19). The number of hydrogen-bond donors (Lipinski definition) is 2. The third-order valence-corrected chi connectivity index (χ3v) is 4.63. The number of halogens is 1. The van der Waals surface area contributed by atoms with Crippen molar-refractivity contribution in [1.82, 2.24) is 5.32 Å². The largest absolute Gasteiger partial charge is 0.325 e. The molecule has 1 aromatic rings. The van der Waals surface area contributed by atoms with Crippen LogP contribution in [0.3, 0.4) is 0 Å². The predicted octanol–water partition coefficient (Wildman–Crippen LogP) is 2.46. The maximum atomic E-state index is 13.4. The first-order valence-electron chi connectivity index (χ1n) is 6.89. The Kier molecular flexibility index (Phi) is 3.05. The van der Waals surface area contributed by atoms with Gasteiger partial charge in [0.1, 0.15) is 5.82 Å². The van der Waals surface area contributed by atoms with Crippen molar-refractivity contribution < 1.29 is 9.18 Å². The normalized spacial score (nSPS) is 24.2. The molecule has 1 atom stereocenters. The summed E-state index contributed by atoms with van der Waals surface area (Å²) >= 11 is 0. The third-order valence-electron chi connectivity index (χ3n) is 4.63. The SMILES string of the molecule is Cc1c(F)cccc1NC(=O)C1CC12CCNCC2. The second-order valence-corrected chi connectivity index (χ2v) is 5.77. The van der Waals surface area contributed by atoms with Crippen LogP contribution >= 0.6 is 0 Å². The highest BCUT2D eigenvalue weighted by Gasteiger charge is 2.57. The minimum atomic E-state index is -0.273. The molecule has 0 aromatic heterocycles.